The fourth-order valence-corrected chi connectivity index (χ4v) is 5.36. The molecule has 1 fully saturated rings. The van der Waals surface area contributed by atoms with Crippen LogP contribution in [0.2, 0.25) is 0 Å². The molecular formula is C24H71F3N8O3S. The number of aromatic nitrogens is 6. The number of halogens is 3. The predicted molar refractivity (Wildman–Crippen MR) is 186 cm³/mol. The monoisotopic (exact) mass is 653 g/mol. The third-order valence-corrected chi connectivity index (χ3v) is 7.15. The van der Waals surface area contributed by atoms with Crippen molar-refractivity contribution >= 4 is 32.6 Å². The summed E-state index contributed by atoms with van der Waals surface area (Å²) in [5.74, 6) is 0.190. The topological polar surface area (TPSA) is 120 Å². The van der Waals surface area contributed by atoms with E-state index in [2.05, 4.69) is 20.4 Å². The predicted octanol–water partition coefficient (Wildman–Crippen LogP) is 8.69. The summed E-state index contributed by atoms with van der Waals surface area (Å²) >= 11 is 0. The Kier molecular flexibility index (Phi) is 2.77. The van der Waals surface area contributed by atoms with Crippen molar-refractivity contribution in [1.82, 2.24) is 29.3 Å². The van der Waals surface area contributed by atoms with Crippen LogP contribution < -0.4 is 10.2 Å². The van der Waals surface area contributed by atoms with Gasteiger partial charge in [0.2, 0.25) is 11.9 Å². The van der Waals surface area contributed by atoms with Crippen LogP contribution in [-0.4, -0.2) is 76.8 Å². The first-order chi connectivity index (χ1) is 40.4. The molecule has 4 heterocycles. The maximum Gasteiger partial charge on any atom is 0.435 e. The number of alkyl halides is 3. The standard InChI is InChI=1S/C24H27F3N8O3S.22H2/c1-14-12-38-10-9-33(14)19-11-17(20-15(2)34(13-39(4,36)37)32-21(20)24(25,26)27)30-23(31-19)35-18-8-6-5-7-16(18)29-22(35)28-3;;;;;;;;;;;;;;;;;;;;;;/h5-8,11,14H,9-10,12-13H2,1-4H3,(H,28,29);22*1H/t14-;;;;;;;;;;;;;;;;;;;;;;/m1....................../s1/i;22*1+1D. The van der Waals surface area contributed by atoms with E-state index in [1.54, 1.807) is 11.6 Å². The highest BCUT2D eigenvalue weighted by atomic mass is 32.2. The van der Waals surface area contributed by atoms with Gasteiger partial charge in [0.15, 0.2) is 15.5 Å². The molecule has 1 saturated heterocycles. The number of rotatable bonds is 6. The largest absolute Gasteiger partial charge is 0.435 e. The molecule has 11 nitrogen and oxygen atoms in total. The lowest BCUT2D eigenvalue weighted by Gasteiger charge is -2.34. The summed E-state index contributed by atoms with van der Waals surface area (Å²) < 4.78 is 295. The average molecular weight is 653 g/mol. The summed E-state index contributed by atoms with van der Waals surface area (Å²) in [6, 6.07) is 8.64. The maximum atomic E-state index is 14.3. The molecule has 1 aliphatic heterocycles. The van der Waals surface area contributed by atoms with E-state index in [0.29, 0.717) is 42.6 Å². The molecule has 0 spiro atoms. The van der Waals surface area contributed by atoms with Crippen LogP contribution in [0.5, 0.6) is 0 Å². The molecule has 1 aliphatic rings. The number of para-hydroxylation sites is 2. The average Bonchev–Trinajstić information content (AvgIpc) is 4.16. The summed E-state index contributed by atoms with van der Waals surface area (Å²) in [6.07, 6.45) is -3.93. The van der Waals surface area contributed by atoms with Crippen molar-refractivity contribution in [1.29, 1.82) is 0 Å². The van der Waals surface area contributed by atoms with E-state index in [-0.39, 0.29) is 28.9 Å². The molecule has 1 atom stereocenters. The van der Waals surface area contributed by atoms with Crippen LogP contribution in [0.25, 0.3) is 28.2 Å². The number of nitrogens with one attached hydrogen (secondary N) is 1. The fraction of sp³-hybridized carbons (Fsp3) is 0.417. The zero-order valence-electron chi connectivity index (χ0n) is 65.7. The molecule has 0 radical (unpaired) electrons. The number of hydrogen-bond donors (Lipinski definition) is 1. The van der Waals surface area contributed by atoms with Crippen molar-refractivity contribution in [2.75, 3.05) is 43.3 Å². The van der Waals surface area contributed by atoms with E-state index in [4.69, 9.17) is 75.1 Å². The minimum Gasteiger partial charge on any atom is -0.377 e. The Labute approximate surface area is 290 Å². The second-order valence-electron chi connectivity index (χ2n) is 9.40. The lowest BCUT2D eigenvalue weighted by molar-refractivity contribution is -0.141. The number of imidazole rings is 1. The molecule has 1 aromatic carbocycles. The Morgan fingerprint density at radius 3 is 2.64 bits per heavy atom. The SMILES string of the molecule is CNc1nc2ccccc2n1-c1nc(-c2c(C(F)(F)F)nn(CS(C)(=O)=O)c2C)cc(N2CCOC[C@H]2C)n1.[2H][2H].[2H][2H].[2H][2H].[2H][2H].[2H][2H].[2H][2H].[2H][2H].[2H][2H].[2H][2H].[2H][2H].[2H][2H].[2H][2H].[2H][2H].[2H][2H].[2H][2H].[2H][2H].[2H][2H].[2H][2H].[2H][2H].[2H][2H].[2H][2H].[2H][2H]. The Balaban J connectivity index is -0.0000000507. The van der Waals surface area contributed by atoms with Gasteiger partial charge in [-0.1, -0.05) is 12.1 Å². The molecule has 3 aromatic heterocycles. The van der Waals surface area contributed by atoms with Crippen molar-refractivity contribution in [3.8, 4) is 17.2 Å². The van der Waals surface area contributed by atoms with E-state index < -0.39 is 27.6 Å². The van der Waals surface area contributed by atoms with Gasteiger partial charge < -0.3 is 15.0 Å². The molecule has 4 aromatic rings. The minimum atomic E-state index is -4.86. The second kappa shape index (κ2) is 9.79. The molecule has 1 N–H and O–H groups in total. The van der Waals surface area contributed by atoms with Gasteiger partial charge in [-0.05, 0) is 26.0 Å². The van der Waals surface area contributed by atoms with Crippen molar-refractivity contribution < 1.29 is 91.7 Å². The molecule has 0 bridgehead atoms. The van der Waals surface area contributed by atoms with Gasteiger partial charge in [0.05, 0.1) is 41.5 Å². The Morgan fingerprint density at radius 1 is 1.23 bits per heavy atom. The second-order valence-corrected chi connectivity index (χ2v) is 11.5. The molecule has 15 heteroatoms. The Morgan fingerprint density at radius 2 is 1.97 bits per heavy atom. The molecule has 0 saturated carbocycles. The normalized spacial score (nSPS) is 21.2. The van der Waals surface area contributed by atoms with Crippen LogP contribution in [0.1, 0.15) is 83.6 Å². The number of anilines is 2. The van der Waals surface area contributed by atoms with Gasteiger partial charge in [-0.2, -0.15) is 23.3 Å². The van der Waals surface area contributed by atoms with Crippen LogP contribution >= 0.6 is 0 Å². The van der Waals surface area contributed by atoms with Crippen molar-refractivity contribution in [3.63, 3.8) is 0 Å². The lowest BCUT2D eigenvalue weighted by atomic mass is 10.1. The van der Waals surface area contributed by atoms with E-state index >= 15 is 0 Å². The zero-order chi connectivity index (χ0) is 72.1. The first-order valence-corrected chi connectivity index (χ1v) is 14.1. The van der Waals surface area contributed by atoms with E-state index in [0.717, 1.165) is 10.9 Å². The van der Waals surface area contributed by atoms with Crippen molar-refractivity contribution in [2.24, 2.45) is 0 Å². The van der Waals surface area contributed by atoms with Crippen LogP contribution in [0.4, 0.5) is 24.9 Å². The molecule has 0 amide bonds. The maximum absolute atomic E-state index is 14.3. The van der Waals surface area contributed by atoms with Crippen molar-refractivity contribution in [2.45, 2.75) is 31.9 Å². The highest BCUT2D eigenvalue weighted by Gasteiger charge is 2.40. The summed E-state index contributed by atoms with van der Waals surface area (Å²) in [6.45, 7) is 4.65. The van der Waals surface area contributed by atoms with Crippen LogP contribution in [0.15, 0.2) is 30.3 Å². The van der Waals surface area contributed by atoms with Gasteiger partial charge >= 0.3 is 6.18 Å². The molecule has 0 aliphatic carbocycles. The van der Waals surface area contributed by atoms with Crippen LogP contribution in [-0.2, 0) is 26.6 Å². The summed E-state index contributed by atoms with van der Waals surface area (Å²) in [5, 5.41) is 6.67. The molecular weight excluding hydrogens is 537 g/mol. The van der Waals surface area contributed by atoms with Crippen LogP contribution in [0, 0.1) is 6.92 Å². The number of sulfone groups is 1. The van der Waals surface area contributed by atoms with E-state index in [9.17, 15) is 21.6 Å². The van der Waals surface area contributed by atoms with Gasteiger partial charge in [0.1, 0.15) is 11.7 Å². The summed E-state index contributed by atoms with van der Waals surface area (Å²) in [7, 11) is -2.01. The first-order valence-electron chi connectivity index (χ1n) is 34.1. The van der Waals surface area contributed by atoms with Crippen molar-refractivity contribution in [3.05, 3.63) is 41.7 Å². The Bertz CT molecular complexity index is 1730. The van der Waals surface area contributed by atoms with E-state index in [1.807, 2.05) is 36.1 Å². The highest BCUT2D eigenvalue weighted by molar-refractivity contribution is 7.89. The number of morpholine rings is 1. The molecule has 5 rings (SSSR count). The Hall–Kier alpha value is -3.72. The summed E-state index contributed by atoms with van der Waals surface area (Å²) in [5.41, 5.74) is -0.266. The number of benzene rings is 1. The first kappa shape index (κ1) is 11.0. The lowest BCUT2D eigenvalue weighted by Crippen LogP contribution is -2.44. The number of hydrogen-bond acceptors (Lipinski definition) is 9. The minimum absolute atomic E-state index is 0.0164. The number of nitrogens with zero attached hydrogens (tertiary/aromatic N) is 7. The van der Waals surface area contributed by atoms with Gasteiger partial charge in [0, 0.05) is 96.9 Å². The fourth-order valence-electron chi connectivity index (χ4n) is 4.66. The smallest absolute Gasteiger partial charge is 0.377 e. The third-order valence-electron chi connectivity index (χ3n) is 6.44. The molecule has 252 valence electrons. The van der Waals surface area contributed by atoms with Gasteiger partial charge in [-0.15, -0.1) is 0 Å². The number of ether oxygens (including phenoxy) is 1. The zero-order valence-corrected chi connectivity index (χ0v) is 22.5. The molecule has 0 unspecified atom stereocenters. The quantitative estimate of drug-likeness (QED) is 0.218. The van der Waals surface area contributed by atoms with E-state index in [1.165, 1.54) is 13.0 Å². The van der Waals surface area contributed by atoms with Gasteiger partial charge in [0.25, 0.3) is 0 Å². The van der Waals surface area contributed by atoms with Gasteiger partial charge in [-0.3, -0.25) is 4.68 Å². The molecule has 39 heavy (non-hydrogen) atoms. The van der Waals surface area contributed by atoms with Crippen LogP contribution in [0.3, 0.4) is 0 Å². The summed E-state index contributed by atoms with van der Waals surface area (Å²) in [4.78, 5) is 15.8. The number of fused-ring (bicyclic) bond motifs is 1. The third kappa shape index (κ3) is 5.15. The van der Waals surface area contributed by atoms with Gasteiger partial charge in [-0.25, -0.2) is 23.0 Å². The highest BCUT2D eigenvalue weighted by Crippen LogP contribution is 2.39.